The predicted molar refractivity (Wildman–Crippen MR) is 72.7 cm³/mol. The van der Waals surface area contributed by atoms with Crippen molar-refractivity contribution in [2.75, 3.05) is 19.8 Å². The Kier molecular flexibility index (Phi) is 3.56. The van der Waals surface area contributed by atoms with Crippen molar-refractivity contribution < 1.29 is 9.47 Å². The largest absolute Gasteiger partial charge is 0.378 e. The summed E-state index contributed by atoms with van der Waals surface area (Å²) in [6.07, 6.45) is 3.00. The molecule has 104 valence electrons. The van der Waals surface area contributed by atoms with Crippen molar-refractivity contribution in [3.05, 3.63) is 29.6 Å². The number of rotatable bonds is 2. The summed E-state index contributed by atoms with van der Waals surface area (Å²) < 4.78 is 11.5. The summed E-state index contributed by atoms with van der Waals surface area (Å²) in [5, 5.41) is 0. The highest BCUT2D eigenvalue weighted by molar-refractivity contribution is 5.14. The van der Waals surface area contributed by atoms with Crippen LogP contribution in [0, 0.1) is 12.8 Å². The van der Waals surface area contributed by atoms with Crippen LogP contribution in [0.1, 0.15) is 36.7 Å². The Morgan fingerprint density at radius 2 is 2.32 bits per heavy atom. The van der Waals surface area contributed by atoms with Crippen molar-refractivity contribution in [3.8, 4) is 0 Å². The van der Waals surface area contributed by atoms with Crippen molar-refractivity contribution >= 4 is 0 Å². The number of hydrogen-bond acceptors (Lipinski definition) is 4. The molecule has 2 aliphatic heterocycles. The number of hydrogen-bond donors (Lipinski definition) is 1. The van der Waals surface area contributed by atoms with Gasteiger partial charge in [0.05, 0.1) is 23.9 Å². The van der Waals surface area contributed by atoms with E-state index in [4.69, 9.17) is 15.2 Å². The van der Waals surface area contributed by atoms with E-state index >= 15 is 0 Å². The lowest BCUT2D eigenvalue weighted by atomic mass is 9.80. The van der Waals surface area contributed by atoms with E-state index in [1.54, 1.807) is 0 Å². The summed E-state index contributed by atoms with van der Waals surface area (Å²) in [6, 6.07) is 6.07. The minimum absolute atomic E-state index is 0.00118. The zero-order valence-corrected chi connectivity index (χ0v) is 11.5. The monoisotopic (exact) mass is 262 g/mol. The van der Waals surface area contributed by atoms with Gasteiger partial charge in [-0.2, -0.15) is 0 Å². The van der Waals surface area contributed by atoms with E-state index in [9.17, 15) is 0 Å². The van der Waals surface area contributed by atoms with Crippen LogP contribution in [0.2, 0.25) is 0 Å². The Morgan fingerprint density at radius 1 is 1.42 bits per heavy atom. The van der Waals surface area contributed by atoms with E-state index in [0.29, 0.717) is 5.92 Å². The standard InChI is InChI=1S/C15H22N2O2/c1-11-3-2-4-13(17-11)14(16)12-5-7-19-15(9-12)6-8-18-10-15/h2-4,12,14H,5-10,16H2,1H3. The van der Waals surface area contributed by atoms with Crippen molar-refractivity contribution in [1.29, 1.82) is 0 Å². The fourth-order valence-electron chi connectivity index (χ4n) is 3.23. The van der Waals surface area contributed by atoms with Crippen LogP contribution in [0.25, 0.3) is 0 Å². The van der Waals surface area contributed by atoms with Gasteiger partial charge in [0, 0.05) is 25.3 Å². The second-order valence-electron chi connectivity index (χ2n) is 5.82. The summed E-state index contributed by atoms with van der Waals surface area (Å²) in [5.41, 5.74) is 8.38. The van der Waals surface area contributed by atoms with Crippen LogP contribution in [-0.2, 0) is 9.47 Å². The maximum atomic E-state index is 6.43. The molecule has 0 radical (unpaired) electrons. The van der Waals surface area contributed by atoms with E-state index in [0.717, 1.165) is 50.5 Å². The van der Waals surface area contributed by atoms with E-state index in [-0.39, 0.29) is 11.6 Å². The maximum Gasteiger partial charge on any atom is 0.0940 e. The van der Waals surface area contributed by atoms with Crippen LogP contribution in [0.4, 0.5) is 0 Å². The molecule has 3 unspecified atom stereocenters. The summed E-state index contributed by atoms with van der Waals surface area (Å²) in [7, 11) is 0. The van der Waals surface area contributed by atoms with Gasteiger partial charge in [0.1, 0.15) is 0 Å². The number of nitrogens with two attached hydrogens (primary N) is 1. The molecule has 2 N–H and O–H groups in total. The van der Waals surface area contributed by atoms with Crippen LogP contribution in [0.15, 0.2) is 18.2 Å². The number of aromatic nitrogens is 1. The first-order chi connectivity index (χ1) is 9.19. The Bertz CT molecular complexity index is 444. The molecule has 4 heteroatoms. The van der Waals surface area contributed by atoms with Gasteiger partial charge < -0.3 is 15.2 Å². The molecule has 2 fully saturated rings. The molecule has 2 saturated heterocycles. The maximum absolute atomic E-state index is 6.43. The van der Waals surface area contributed by atoms with Gasteiger partial charge in [0.25, 0.3) is 0 Å². The Morgan fingerprint density at radius 3 is 3.05 bits per heavy atom. The van der Waals surface area contributed by atoms with E-state index in [1.807, 2.05) is 25.1 Å². The molecule has 0 aliphatic carbocycles. The number of aryl methyl sites for hydroxylation is 1. The molecule has 4 nitrogen and oxygen atoms in total. The molecule has 0 saturated carbocycles. The Labute approximate surface area is 114 Å². The van der Waals surface area contributed by atoms with Gasteiger partial charge in [-0.25, -0.2) is 0 Å². The third-order valence-electron chi connectivity index (χ3n) is 4.36. The molecule has 1 aromatic heterocycles. The summed E-state index contributed by atoms with van der Waals surface area (Å²) >= 11 is 0. The Balaban J connectivity index is 1.74. The average Bonchev–Trinajstić information content (AvgIpc) is 2.86. The quantitative estimate of drug-likeness (QED) is 0.885. The average molecular weight is 262 g/mol. The summed E-state index contributed by atoms with van der Waals surface area (Å²) in [5.74, 6) is 0.435. The lowest BCUT2D eigenvalue weighted by Gasteiger charge is -2.39. The van der Waals surface area contributed by atoms with Gasteiger partial charge in [0.2, 0.25) is 0 Å². The fourth-order valence-corrected chi connectivity index (χ4v) is 3.23. The molecule has 2 aliphatic rings. The van der Waals surface area contributed by atoms with Crippen molar-refractivity contribution in [2.45, 2.75) is 37.8 Å². The molecular formula is C15H22N2O2. The molecule has 1 spiro atoms. The van der Waals surface area contributed by atoms with Gasteiger partial charge in [-0.1, -0.05) is 6.07 Å². The van der Waals surface area contributed by atoms with Crippen LogP contribution in [0.5, 0.6) is 0 Å². The lowest BCUT2D eigenvalue weighted by molar-refractivity contribution is -0.101. The first kappa shape index (κ1) is 13.0. The van der Waals surface area contributed by atoms with Gasteiger partial charge in [-0.05, 0) is 37.8 Å². The molecule has 3 atom stereocenters. The highest BCUT2D eigenvalue weighted by Crippen LogP contribution is 2.39. The topological polar surface area (TPSA) is 57.4 Å². The van der Waals surface area contributed by atoms with Crippen LogP contribution in [-0.4, -0.2) is 30.4 Å². The number of nitrogens with zero attached hydrogens (tertiary/aromatic N) is 1. The molecule has 0 bridgehead atoms. The number of pyridine rings is 1. The van der Waals surface area contributed by atoms with Crippen LogP contribution >= 0.6 is 0 Å². The van der Waals surface area contributed by atoms with Crippen molar-refractivity contribution in [2.24, 2.45) is 11.7 Å². The number of ether oxygens (including phenoxy) is 2. The first-order valence-electron chi connectivity index (χ1n) is 7.09. The van der Waals surface area contributed by atoms with Gasteiger partial charge >= 0.3 is 0 Å². The van der Waals surface area contributed by atoms with Crippen LogP contribution < -0.4 is 5.73 Å². The molecule has 0 amide bonds. The molecular weight excluding hydrogens is 240 g/mol. The Hall–Kier alpha value is -0.970. The lowest BCUT2D eigenvalue weighted by Crippen LogP contribution is -2.43. The highest BCUT2D eigenvalue weighted by Gasteiger charge is 2.42. The predicted octanol–water partition coefficient (Wildman–Crippen LogP) is 1.98. The highest BCUT2D eigenvalue weighted by atomic mass is 16.6. The van der Waals surface area contributed by atoms with E-state index < -0.39 is 0 Å². The zero-order valence-electron chi connectivity index (χ0n) is 11.5. The van der Waals surface area contributed by atoms with Crippen LogP contribution in [0.3, 0.4) is 0 Å². The molecule has 19 heavy (non-hydrogen) atoms. The van der Waals surface area contributed by atoms with Gasteiger partial charge in [0.15, 0.2) is 0 Å². The second kappa shape index (κ2) is 5.19. The van der Waals surface area contributed by atoms with E-state index in [2.05, 4.69) is 4.98 Å². The first-order valence-corrected chi connectivity index (χ1v) is 7.09. The SMILES string of the molecule is Cc1cccc(C(N)C2CCOC3(CCOC3)C2)n1. The zero-order chi connectivity index (χ0) is 13.3. The summed E-state index contributed by atoms with van der Waals surface area (Å²) in [4.78, 5) is 4.57. The third-order valence-corrected chi connectivity index (χ3v) is 4.36. The minimum atomic E-state index is -0.0790. The van der Waals surface area contributed by atoms with Crippen molar-refractivity contribution in [1.82, 2.24) is 4.98 Å². The molecule has 3 heterocycles. The molecule has 0 aromatic carbocycles. The van der Waals surface area contributed by atoms with Crippen molar-refractivity contribution in [3.63, 3.8) is 0 Å². The van der Waals surface area contributed by atoms with Gasteiger partial charge in [-0.15, -0.1) is 0 Å². The van der Waals surface area contributed by atoms with E-state index in [1.165, 1.54) is 0 Å². The second-order valence-corrected chi connectivity index (χ2v) is 5.82. The normalized spacial score (nSPS) is 32.6. The molecule has 1 aromatic rings. The molecule has 3 rings (SSSR count). The summed E-state index contributed by atoms with van der Waals surface area (Å²) in [6.45, 7) is 4.32. The third kappa shape index (κ3) is 2.66. The fraction of sp³-hybridized carbons (Fsp3) is 0.667. The van der Waals surface area contributed by atoms with Gasteiger partial charge in [-0.3, -0.25) is 4.98 Å². The smallest absolute Gasteiger partial charge is 0.0940 e. The minimum Gasteiger partial charge on any atom is -0.378 e.